The van der Waals surface area contributed by atoms with E-state index in [9.17, 15) is 9.59 Å². The van der Waals surface area contributed by atoms with Gasteiger partial charge in [-0.25, -0.2) is 0 Å². The van der Waals surface area contributed by atoms with E-state index in [4.69, 9.17) is 11.6 Å². The predicted molar refractivity (Wildman–Crippen MR) is 141 cm³/mol. The number of carbonyl (C=O) groups is 2. The van der Waals surface area contributed by atoms with E-state index in [0.717, 1.165) is 47.9 Å². The zero-order valence-electron chi connectivity index (χ0n) is 20.3. The van der Waals surface area contributed by atoms with E-state index in [1.165, 1.54) is 0 Å². The minimum atomic E-state index is -0.633. The van der Waals surface area contributed by atoms with Gasteiger partial charge in [-0.15, -0.1) is 0 Å². The van der Waals surface area contributed by atoms with E-state index in [-0.39, 0.29) is 30.8 Å². The Morgan fingerprint density at radius 2 is 1.63 bits per heavy atom. The van der Waals surface area contributed by atoms with E-state index < -0.39 is 6.04 Å². The maximum absolute atomic E-state index is 13.8. The summed E-state index contributed by atoms with van der Waals surface area (Å²) in [6.07, 6.45) is 4.92. The van der Waals surface area contributed by atoms with Gasteiger partial charge in [-0.1, -0.05) is 103 Å². The van der Waals surface area contributed by atoms with Crippen molar-refractivity contribution in [1.29, 1.82) is 0 Å². The van der Waals surface area contributed by atoms with Crippen molar-refractivity contribution in [2.75, 3.05) is 0 Å². The SMILES string of the molecule is Cc1cccc(CC(=O)N(Cc2ccccc2Cl)C(Cc2ccccc2)C(=O)NC2CCCC2)c1. The molecule has 2 amide bonds. The molecular weight excluding hydrogens is 456 g/mol. The molecule has 182 valence electrons. The quantitative estimate of drug-likeness (QED) is 0.408. The molecule has 1 atom stereocenters. The largest absolute Gasteiger partial charge is 0.352 e. The first-order valence-electron chi connectivity index (χ1n) is 12.4. The van der Waals surface area contributed by atoms with Crippen LogP contribution in [0.4, 0.5) is 0 Å². The van der Waals surface area contributed by atoms with E-state index in [0.29, 0.717) is 11.4 Å². The second-order valence-corrected chi connectivity index (χ2v) is 9.88. The Hall–Kier alpha value is -3.11. The molecule has 3 aromatic rings. The first kappa shape index (κ1) is 25.0. The predicted octanol–water partition coefficient (Wildman–Crippen LogP) is 5.89. The van der Waals surface area contributed by atoms with E-state index in [1.54, 1.807) is 4.90 Å². The van der Waals surface area contributed by atoms with Crippen molar-refractivity contribution in [2.24, 2.45) is 0 Å². The lowest BCUT2D eigenvalue weighted by atomic mass is 10.0. The van der Waals surface area contributed by atoms with Gasteiger partial charge in [-0.2, -0.15) is 0 Å². The number of hydrogen-bond donors (Lipinski definition) is 1. The Bertz CT molecular complexity index is 1140. The zero-order valence-corrected chi connectivity index (χ0v) is 21.0. The van der Waals surface area contributed by atoms with Crippen LogP contribution in [0.3, 0.4) is 0 Å². The van der Waals surface area contributed by atoms with E-state index >= 15 is 0 Å². The van der Waals surface area contributed by atoms with E-state index in [2.05, 4.69) is 5.32 Å². The van der Waals surface area contributed by atoms with Gasteiger partial charge in [0.15, 0.2) is 0 Å². The lowest BCUT2D eigenvalue weighted by molar-refractivity contribution is -0.141. The third-order valence-corrected chi connectivity index (χ3v) is 7.08. The first-order chi connectivity index (χ1) is 17.0. The fraction of sp³-hybridized carbons (Fsp3) is 0.333. The minimum absolute atomic E-state index is 0.0852. The van der Waals surface area contributed by atoms with Crippen LogP contribution in [-0.2, 0) is 29.0 Å². The number of carbonyl (C=O) groups excluding carboxylic acids is 2. The number of aryl methyl sites for hydroxylation is 1. The number of rotatable bonds is 9. The van der Waals surface area contributed by atoms with Crippen molar-refractivity contribution in [2.45, 2.75) is 64.1 Å². The molecular formula is C30H33ClN2O2. The van der Waals surface area contributed by atoms with Gasteiger partial charge in [0.2, 0.25) is 11.8 Å². The summed E-state index contributed by atoms with van der Waals surface area (Å²) in [5, 5.41) is 3.84. The molecule has 0 bridgehead atoms. The number of nitrogens with one attached hydrogen (secondary N) is 1. The van der Waals surface area contributed by atoms with Gasteiger partial charge in [0, 0.05) is 24.0 Å². The molecule has 1 saturated carbocycles. The lowest BCUT2D eigenvalue weighted by Crippen LogP contribution is -2.52. The highest BCUT2D eigenvalue weighted by molar-refractivity contribution is 6.31. The minimum Gasteiger partial charge on any atom is -0.352 e. The molecule has 0 aromatic heterocycles. The highest BCUT2D eigenvalue weighted by Crippen LogP contribution is 2.23. The van der Waals surface area contributed by atoms with Crippen LogP contribution in [0.25, 0.3) is 0 Å². The van der Waals surface area contributed by atoms with E-state index in [1.807, 2.05) is 85.8 Å². The molecule has 5 heteroatoms. The van der Waals surface area contributed by atoms with Crippen LogP contribution in [0.2, 0.25) is 5.02 Å². The molecule has 1 N–H and O–H groups in total. The second-order valence-electron chi connectivity index (χ2n) is 9.47. The Balaban J connectivity index is 1.67. The molecule has 4 nitrogen and oxygen atoms in total. The Kier molecular flexibility index (Phi) is 8.59. The van der Waals surface area contributed by atoms with Crippen LogP contribution in [0.5, 0.6) is 0 Å². The third-order valence-electron chi connectivity index (χ3n) is 6.71. The molecule has 1 aliphatic rings. The summed E-state index contributed by atoms with van der Waals surface area (Å²) in [5.74, 6) is -0.177. The van der Waals surface area contributed by atoms with Crippen LogP contribution in [-0.4, -0.2) is 28.8 Å². The summed E-state index contributed by atoms with van der Waals surface area (Å²) in [7, 11) is 0. The van der Waals surface area contributed by atoms with Crippen LogP contribution in [0.15, 0.2) is 78.9 Å². The average Bonchev–Trinajstić information content (AvgIpc) is 3.36. The Morgan fingerprint density at radius 1 is 0.943 bits per heavy atom. The van der Waals surface area contributed by atoms with Gasteiger partial charge in [-0.3, -0.25) is 9.59 Å². The number of amides is 2. The fourth-order valence-corrected chi connectivity index (χ4v) is 5.03. The van der Waals surface area contributed by atoms with Crippen LogP contribution < -0.4 is 5.32 Å². The normalized spacial score (nSPS) is 14.5. The van der Waals surface area contributed by atoms with Crippen molar-refractivity contribution in [3.63, 3.8) is 0 Å². The van der Waals surface area contributed by atoms with Crippen molar-refractivity contribution in [3.8, 4) is 0 Å². The number of hydrogen-bond acceptors (Lipinski definition) is 2. The fourth-order valence-electron chi connectivity index (χ4n) is 4.83. The molecule has 0 heterocycles. The second kappa shape index (κ2) is 12.0. The standard InChI is InChI=1S/C30H33ClN2O2/c1-22-10-9-13-24(18-22)20-29(34)33(21-25-14-5-8-17-27(25)31)28(19-23-11-3-2-4-12-23)30(35)32-26-15-6-7-16-26/h2-5,8-14,17-18,26,28H,6-7,15-16,19-21H2,1H3,(H,32,35). The van der Waals surface area contributed by atoms with Crippen LogP contribution in [0, 0.1) is 6.92 Å². The van der Waals surface area contributed by atoms with Gasteiger partial charge in [-0.05, 0) is 42.5 Å². The summed E-state index contributed by atoms with van der Waals surface area (Å²) in [6.45, 7) is 2.29. The Labute approximate surface area is 213 Å². The molecule has 1 unspecified atom stereocenters. The van der Waals surface area contributed by atoms with Crippen molar-refractivity contribution in [3.05, 3.63) is 106 Å². The first-order valence-corrected chi connectivity index (χ1v) is 12.8. The van der Waals surface area contributed by atoms with Crippen LogP contribution >= 0.6 is 11.6 Å². The van der Waals surface area contributed by atoms with Crippen molar-refractivity contribution < 1.29 is 9.59 Å². The molecule has 1 aliphatic carbocycles. The van der Waals surface area contributed by atoms with Crippen LogP contribution in [0.1, 0.15) is 47.9 Å². The average molecular weight is 489 g/mol. The van der Waals surface area contributed by atoms with Crippen molar-refractivity contribution in [1.82, 2.24) is 10.2 Å². The molecule has 35 heavy (non-hydrogen) atoms. The van der Waals surface area contributed by atoms with Gasteiger partial charge in [0.1, 0.15) is 6.04 Å². The topological polar surface area (TPSA) is 49.4 Å². The summed E-state index contributed by atoms with van der Waals surface area (Å²) in [5.41, 5.74) is 3.90. The van der Waals surface area contributed by atoms with Gasteiger partial charge in [0.25, 0.3) is 0 Å². The highest BCUT2D eigenvalue weighted by atomic mass is 35.5. The molecule has 0 aliphatic heterocycles. The number of nitrogens with zero attached hydrogens (tertiary/aromatic N) is 1. The maximum atomic E-state index is 13.8. The summed E-state index contributed by atoms with van der Waals surface area (Å²) < 4.78 is 0. The monoisotopic (exact) mass is 488 g/mol. The van der Waals surface area contributed by atoms with Gasteiger partial charge in [0.05, 0.1) is 6.42 Å². The molecule has 3 aromatic carbocycles. The lowest BCUT2D eigenvalue weighted by Gasteiger charge is -2.32. The smallest absolute Gasteiger partial charge is 0.243 e. The highest BCUT2D eigenvalue weighted by Gasteiger charge is 2.32. The molecule has 0 radical (unpaired) electrons. The number of halogens is 1. The summed E-state index contributed by atoms with van der Waals surface area (Å²) in [4.78, 5) is 29.2. The zero-order chi connectivity index (χ0) is 24.6. The summed E-state index contributed by atoms with van der Waals surface area (Å²) >= 11 is 6.50. The number of benzene rings is 3. The molecule has 4 rings (SSSR count). The molecule has 1 fully saturated rings. The Morgan fingerprint density at radius 3 is 2.34 bits per heavy atom. The van der Waals surface area contributed by atoms with Gasteiger partial charge >= 0.3 is 0 Å². The third kappa shape index (κ3) is 6.95. The van der Waals surface area contributed by atoms with Crippen molar-refractivity contribution >= 4 is 23.4 Å². The molecule has 0 spiro atoms. The van der Waals surface area contributed by atoms with Gasteiger partial charge < -0.3 is 10.2 Å². The maximum Gasteiger partial charge on any atom is 0.243 e. The molecule has 0 saturated heterocycles. The summed E-state index contributed by atoms with van der Waals surface area (Å²) in [6, 6.07) is 24.9.